The summed E-state index contributed by atoms with van der Waals surface area (Å²) in [7, 11) is 1.50. The zero-order valence-electron chi connectivity index (χ0n) is 10.9. The highest BCUT2D eigenvalue weighted by molar-refractivity contribution is 7.14. The van der Waals surface area contributed by atoms with Crippen molar-refractivity contribution in [3.63, 3.8) is 0 Å². The van der Waals surface area contributed by atoms with Crippen LogP contribution in [0.2, 0.25) is 0 Å². The maximum Gasteiger partial charge on any atom is 0.258 e. The number of carbonyl (C=O) groups excluding carboxylic acids is 1. The maximum atomic E-state index is 12.0. The van der Waals surface area contributed by atoms with Gasteiger partial charge in [0.1, 0.15) is 17.0 Å². The Kier molecular flexibility index (Phi) is 4.80. The highest BCUT2D eigenvalue weighted by Gasteiger charge is 2.31. The quantitative estimate of drug-likeness (QED) is 0.488. The van der Waals surface area contributed by atoms with E-state index in [4.69, 9.17) is 9.94 Å². The fourth-order valence-corrected chi connectivity index (χ4v) is 1.92. The van der Waals surface area contributed by atoms with E-state index in [9.17, 15) is 4.79 Å². The lowest BCUT2D eigenvalue weighted by Gasteiger charge is -2.24. The van der Waals surface area contributed by atoms with Crippen molar-refractivity contribution in [1.29, 1.82) is 0 Å². The number of aromatic nitrogens is 1. The van der Waals surface area contributed by atoms with Crippen molar-refractivity contribution in [2.45, 2.75) is 32.8 Å². The number of methoxy groups -OCH3 is 1. The van der Waals surface area contributed by atoms with Gasteiger partial charge < -0.3 is 9.94 Å². The number of ether oxygens (including phenoxy) is 1. The molecule has 6 nitrogen and oxygen atoms in total. The predicted octanol–water partition coefficient (Wildman–Crippen LogP) is 2.09. The summed E-state index contributed by atoms with van der Waals surface area (Å²) in [5, 5.41) is 16.5. The summed E-state index contributed by atoms with van der Waals surface area (Å²) in [6.07, 6.45) is 0.560. The molecule has 0 radical (unpaired) electrons. The minimum Gasteiger partial charge on any atom is -0.411 e. The number of carbonyl (C=O) groups is 1. The molecule has 1 aromatic heterocycles. The van der Waals surface area contributed by atoms with E-state index in [2.05, 4.69) is 15.5 Å². The molecule has 0 aliphatic carbocycles. The number of anilines is 1. The number of thiazole rings is 1. The normalized spacial score (nSPS) is 15.2. The largest absolute Gasteiger partial charge is 0.411 e. The third kappa shape index (κ3) is 3.05. The van der Waals surface area contributed by atoms with Crippen LogP contribution in [-0.4, -0.2) is 34.5 Å². The first-order valence-corrected chi connectivity index (χ1v) is 6.36. The second kappa shape index (κ2) is 5.92. The van der Waals surface area contributed by atoms with Crippen molar-refractivity contribution in [2.75, 3.05) is 12.4 Å². The highest BCUT2D eigenvalue weighted by atomic mass is 32.1. The van der Waals surface area contributed by atoms with E-state index in [-0.39, 0.29) is 5.91 Å². The third-order valence-corrected chi connectivity index (χ3v) is 3.61. The summed E-state index contributed by atoms with van der Waals surface area (Å²) >= 11 is 1.27. The Morgan fingerprint density at radius 1 is 1.72 bits per heavy atom. The van der Waals surface area contributed by atoms with E-state index in [1.165, 1.54) is 18.4 Å². The van der Waals surface area contributed by atoms with Crippen LogP contribution in [0, 0.1) is 0 Å². The van der Waals surface area contributed by atoms with Crippen molar-refractivity contribution in [3.8, 4) is 0 Å². The molecule has 0 aliphatic rings. The van der Waals surface area contributed by atoms with Crippen molar-refractivity contribution in [1.82, 2.24) is 4.98 Å². The lowest BCUT2D eigenvalue weighted by atomic mass is 10.0. The Morgan fingerprint density at radius 3 is 2.89 bits per heavy atom. The smallest absolute Gasteiger partial charge is 0.258 e. The molecule has 1 rings (SSSR count). The van der Waals surface area contributed by atoms with Crippen LogP contribution in [-0.2, 0) is 9.53 Å². The van der Waals surface area contributed by atoms with Crippen LogP contribution < -0.4 is 5.32 Å². The van der Waals surface area contributed by atoms with Crippen LogP contribution in [0.1, 0.15) is 32.9 Å². The minimum absolute atomic E-state index is 0.244. The number of amides is 1. The van der Waals surface area contributed by atoms with E-state index in [1.54, 1.807) is 19.2 Å². The van der Waals surface area contributed by atoms with Crippen LogP contribution in [0.4, 0.5) is 5.13 Å². The van der Waals surface area contributed by atoms with Gasteiger partial charge in [-0.15, -0.1) is 11.3 Å². The molecule has 0 saturated heterocycles. The van der Waals surface area contributed by atoms with Gasteiger partial charge in [-0.1, -0.05) is 12.1 Å². The number of nitrogens with zero attached hydrogens (tertiary/aromatic N) is 2. The standard InChI is InChI=1S/C11H17N3O3S/c1-5-11(3,17-4)9(15)13-10-12-8(6-18-10)7(2)14-16/h6,16H,5H2,1-4H3,(H,12,13,15). The van der Waals surface area contributed by atoms with Gasteiger partial charge in [0.2, 0.25) is 0 Å². The van der Waals surface area contributed by atoms with Crippen LogP contribution in [0.3, 0.4) is 0 Å². The third-order valence-electron chi connectivity index (χ3n) is 2.85. The molecule has 1 unspecified atom stereocenters. The molecular weight excluding hydrogens is 254 g/mol. The molecule has 18 heavy (non-hydrogen) atoms. The predicted molar refractivity (Wildman–Crippen MR) is 70.4 cm³/mol. The minimum atomic E-state index is -0.869. The molecule has 0 aromatic carbocycles. The topological polar surface area (TPSA) is 83.8 Å². The summed E-state index contributed by atoms with van der Waals surface area (Å²) in [6.45, 7) is 5.22. The van der Waals surface area contributed by atoms with E-state index < -0.39 is 5.60 Å². The molecule has 2 N–H and O–H groups in total. The molecule has 1 heterocycles. The number of hydrogen-bond acceptors (Lipinski definition) is 6. The van der Waals surface area contributed by atoms with Gasteiger partial charge >= 0.3 is 0 Å². The number of nitrogens with one attached hydrogen (secondary N) is 1. The molecule has 7 heteroatoms. The molecule has 0 aliphatic heterocycles. The first-order valence-electron chi connectivity index (χ1n) is 5.48. The van der Waals surface area contributed by atoms with Crippen molar-refractivity contribution < 1.29 is 14.7 Å². The van der Waals surface area contributed by atoms with Gasteiger partial charge in [-0.25, -0.2) is 4.98 Å². The van der Waals surface area contributed by atoms with Crippen LogP contribution in [0.5, 0.6) is 0 Å². The van der Waals surface area contributed by atoms with E-state index in [0.29, 0.717) is 23.0 Å². The first kappa shape index (κ1) is 14.6. The Balaban J connectivity index is 2.80. The summed E-state index contributed by atoms with van der Waals surface area (Å²) in [5.41, 5.74) is 0.0662. The van der Waals surface area contributed by atoms with E-state index in [1.807, 2.05) is 6.92 Å². The van der Waals surface area contributed by atoms with Gasteiger partial charge in [0.05, 0.1) is 0 Å². The molecule has 1 atom stereocenters. The second-order valence-electron chi connectivity index (χ2n) is 3.97. The van der Waals surface area contributed by atoms with Crippen LogP contribution in [0.15, 0.2) is 10.5 Å². The van der Waals surface area contributed by atoms with E-state index in [0.717, 1.165) is 0 Å². The zero-order chi connectivity index (χ0) is 13.8. The molecule has 1 aromatic rings. The fourth-order valence-electron chi connectivity index (χ4n) is 1.18. The molecule has 1 amide bonds. The summed E-state index contributed by atoms with van der Waals surface area (Å²) in [4.78, 5) is 16.1. The SMILES string of the molecule is CCC(C)(OC)C(=O)Nc1nc(C(C)=NO)cs1. The van der Waals surface area contributed by atoms with Crippen molar-refractivity contribution in [2.24, 2.45) is 5.16 Å². The first-order chi connectivity index (χ1) is 8.46. The molecule has 100 valence electrons. The average Bonchev–Trinajstić information content (AvgIpc) is 2.85. The second-order valence-corrected chi connectivity index (χ2v) is 4.82. The Bertz CT molecular complexity index is 452. The van der Waals surface area contributed by atoms with Gasteiger partial charge in [-0.05, 0) is 20.3 Å². The summed E-state index contributed by atoms with van der Waals surface area (Å²) in [6, 6.07) is 0. The monoisotopic (exact) mass is 271 g/mol. The van der Waals surface area contributed by atoms with Gasteiger partial charge in [-0.2, -0.15) is 0 Å². The lowest BCUT2D eigenvalue weighted by Crippen LogP contribution is -2.41. The maximum absolute atomic E-state index is 12.0. The Labute approximate surface area is 110 Å². The number of oxime groups is 1. The number of hydrogen-bond donors (Lipinski definition) is 2. The van der Waals surface area contributed by atoms with Gasteiger partial charge in [0, 0.05) is 12.5 Å². The molecule has 0 bridgehead atoms. The van der Waals surface area contributed by atoms with Crippen molar-refractivity contribution >= 4 is 28.1 Å². The van der Waals surface area contributed by atoms with Gasteiger partial charge in [0.25, 0.3) is 5.91 Å². The molecule has 0 fully saturated rings. The molecule has 0 spiro atoms. The van der Waals surface area contributed by atoms with Gasteiger partial charge in [-0.3, -0.25) is 10.1 Å². The molecule has 0 saturated carbocycles. The van der Waals surface area contributed by atoms with Crippen LogP contribution >= 0.6 is 11.3 Å². The van der Waals surface area contributed by atoms with E-state index >= 15 is 0 Å². The van der Waals surface area contributed by atoms with Crippen molar-refractivity contribution in [3.05, 3.63) is 11.1 Å². The van der Waals surface area contributed by atoms with Gasteiger partial charge in [0.15, 0.2) is 5.13 Å². The lowest BCUT2D eigenvalue weighted by molar-refractivity contribution is -0.136. The summed E-state index contributed by atoms with van der Waals surface area (Å²) in [5.74, 6) is -0.244. The summed E-state index contributed by atoms with van der Waals surface area (Å²) < 4.78 is 5.20. The number of rotatable bonds is 5. The Hall–Kier alpha value is -1.47. The Morgan fingerprint density at radius 2 is 2.39 bits per heavy atom. The zero-order valence-corrected chi connectivity index (χ0v) is 11.7. The van der Waals surface area contributed by atoms with Crippen LogP contribution in [0.25, 0.3) is 0 Å². The molecular formula is C11H17N3O3S. The fraction of sp³-hybridized carbons (Fsp3) is 0.545. The average molecular weight is 271 g/mol. The highest BCUT2D eigenvalue weighted by Crippen LogP contribution is 2.20.